The van der Waals surface area contributed by atoms with Crippen molar-refractivity contribution >= 4 is 0 Å². The Morgan fingerprint density at radius 3 is 2.19 bits per heavy atom. The molecular weight excluding hydrogens is 254 g/mol. The fraction of sp³-hybridized carbons (Fsp3) is 0.400. The van der Waals surface area contributed by atoms with Gasteiger partial charge in [0.05, 0.1) is 0 Å². The highest BCUT2D eigenvalue weighted by atomic mass is 15.0. The molecule has 0 radical (unpaired) electrons. The monoisotopic (exact) mass is 277 g/mol. The summed E-state index contributed by atoms with van der Waals surface area (Å²) in [6.07, 6.45) is 5.36. The first-order valence-electron chi connectivity index (χ1n) is 8.21. The molecule has 2 saturated carbocycles. The van der Waals surface area contributed by atoms with Crippen molar-refractivity contribution in [3.63, 3.8) is 0 Å². The molecule has 0 amide bonds. The normalized spacial score (nSPS) is 26.1. The molecule has 0 aromatic heterocycles. The van der Waals surface area contributed by atoms with Crippen molar-refractivity contribution in [1.29, 1.82) is 0 Å². The second-order valence-electron chi connectivity index (χ2n) is 6.74. The number of hydrogen-bond donors (Lipinski definition) is 1. The molecule has 0 saturated heterocycles. The third-order valence-corrected chi connectivity index (χ3v) is 5.42. The molecule has 21 heavy (non-hydrogen) atoms. The second kappa shape index (κ2) is 5.31. The molecule has 0 bridgehead atoms. The van der Waals surface area contributed by atoms with Crippen molar-refractivity contribution in [2.24, 2.45) is 0 Å². The summed E-state index contributed by atoms with van der Waals surface area (Å²) in [7, 11) is 0. The van der Waals surface area contributed by atoms with E-state index in [4.69, 9.17) is 0 Å². The molecule has 0 aliphatic heterocycles. The number of hydrogen-bond acceptors (Lipinski definition) is 1. The Bertz CT molecular complexity index is 586. The molecular formula is C20H23N. The lowest BCUT2D eigenvalue weighted by Gasteiger charge is -2.43. The number of benzene rings is 2. The van der Waals surface area contributed by atoms with Gasteiger partial charge in [-0.25, -0.2) is 0 Å². The molecule has 2 fully saturated rings. The van der Waals surface area contributed by atoms with Crippen molar-refractivity contribution in [2.75, 3.05) is 6.54 Å². The molecule has 4 rings (SSSR count). The van der Waals surface area contributed by atoms with E-state index in [-0.39, 0.29) is 0 Å². The van der Waals surface area contributed by atoms with Gasteiger partial charge in [-0.1, -0.05) is 67.1 Å². The van der Waals surface area contributed by atoms with Crippen molar-refractivity contribution in [2.45, 2.75) is 43.1 Å². The first kappa shape index (κ1) is 13.1. The van der Waals surface area contributed by atoms with Crippen LogP contribution in [0.1, 0.15) is 42.7 Å². The quantitative estimate of drug-likeness (QED) is 0.861. The Hall–Kier alpha value is -1.60. The lowest BCUT2D eigenvalue weighted by molar-refractivity contribution is 0.232. The average molecular weight is 277 g/mol. The second-order valence-corrected chi connectivity index (χ2v) is 6.74. The third kappa shape index (κ3) is 2.51. The molecule has 1 heteroatoms. The van der Waals surface area contributed by atoms with Gasteiger partial charge < -0.3 is 5.32 Å². The lowest BCUT2D eigenvalue weighted by atomic mass is 9.64. The molecule has 2 aliphatic carbocycles. The van der Waals surface area contributed by atoms with Crippen molar-refractivity contribution in [3.8, 4) is 0 Å². The molecule has 1 N–H and O–H groups in total. The maximum Gasteiger partial charge on any atom is 0.0143 e. The highest BCUT2D eigenvalue weighted by molar-refractivity contribution is 5.30. The van der Waals surface area contributed by atoms with Crippen LogP contribution in [0.2, 0.25) is 0 Å². The molecule has 1 unspecified atom stereocenters. The van der Waals surface area contributed by atoms with Crippen LogP contribution in [0.3, 0.4) is 0 Å². The Morgan fingerprint density at radius 1 is 0.905 bits per heavy atom. The predicted octanol–water partition coefficient (Wildman–Crippen LogP) is 4.25. The van der Waals surface area contributed by atoms with Gasteiger partial charge in [-0.05, 0) is 30.4 Å². The van der Waals surface area contributed by atoms with Gasteiger partial charge in [0.2, 0.25) is 0 Å². The van der Waals surface area contributed by atoms with Crippen LogP contribution < -0.4 is 5.32 Å². The van der Waals surface area contributed by atoms with Crippen molar-refractivity contribution in [3.05, 3.63) is 71.8 Å². The number of rotatable bonds is 5. The van der Waals surface area contributed by atoms with E-state index in [0.29, 0.717) is 11.5 Å². The molecule has 2 aromatic carbocycles. The minimum absolute atomic E-state index is 0.408. The Kier molecular flexibility index (Phi) is 3.31. The van der Waals surface area contributed by atoms with Crippen LogP contribution in [-0.4, -0.2) is 12.6 Å². The molecule has 2 aromatic rings. The van der Waals surface area contributed by atoms with Crippen molar-refractivity contribution < 1.29 is 0 Å². The van der Waals surface area contributed by atoms with Crippen LogP contribution in [0.25, 0.3) is 0 Å². The van der Waals surface area contributed by atoms with Crippen LogP contribution in [0.5, 0.6) is 0 Å². The van der Waals surface area contributed by atoms with Gasteiger partial charge in [-0.3, -0.25) is 0 Å². The Labute approximate surface area is 127 Å². The van der Waals surface area contributed by atoms with Gasteiger partial charge in [-0.15, -0.1) is 0 Å². The third-order valence-electron chi connectivity index (χ3n) is 5.42. The Balaban J connectivity index is 1.39. The first-order valence-corrected chi connectivity index (χ1v) is 8.21. The molecule has 1 nitrogen and oxygen atoms in total. The molecule has 0 heterocycles. The fourth-order valence-electron chi connectivity index (χ4n) is 3.78. The highest BCUT2D eigenvalue weighted by Gasteiger charge is 2.43. The maximum atomic E-state index is 3.85. The van der Waals surface area contributed by atoms with Gasteiger partial charge in [0.1, 0.15) is 0 Å². The summed E-state index contributed by atoms with van der Waals surface area (Å²) in [5, 5.41) is 3.85. The largest absolute Gasteiger partial charge is 0.312 e. The maximum absolute atomic E-state index is 3.85. The lowest BCUT2D eigenvalue weighted by Crippen LogP contribution is -2.44. The average Bonchev–Trinajstić information content (AvgIpc) is 3.28. The molecule has 0 spiro atoms. The van der Waals surface area contributed by atoms with E-state index < -0.39 is 0 Å². The SMILES string of the molecule is c1ccc(C2C[C@@H]2NCC2(c3ccccc3)CCC2)cc1. The minimum Gasteiger partial charge on any atom is -0.312 e. The summed E-state index contributed by atoms with van der Waals surface area (Å²) in [6.45, 7) is 1.14. The Morgan fingerprint density at radius 2 is 1.57 bits per heavy atom. The van der Waals surface area contributed by atoms with E-state index in [9.17, 15) is 0 Å². The summed E-state index contributed by atoms with van der Waals surface area (Å²) in [6, 6.07) is 22.7. The predicted molar refractivity (Wildman–Crippen MR) is 87.6 cm³/mol. The zero-order valence-corrected chi connectivity index (χ0v) is 12.5. The van der Waals surface area contributed by atoms with Gasteiger partial charge in [0.15, 0.2) is 0 Å². The topological polar surface area (TPSA) is 12.0 Å². The van der Waals surface area contributed by atoms with Crippen LogP contribution in [0, 0.1) is 0 Å². The first-order chi connectivity index (χ1) is 10.4. The smallest absolute Gasteiger partial charge is 0.0143 e. The van der Waals surface area contributed by atoms with Gasteiger partial charge in [-0.2, -0.15) is 0 Å². The zero-order chi connectivity index (χ0) is 14.1. The molecule has 2 aliphatic rings. The van der Waals surface area contributed by atoms with Crippen LogP contribution in [0.15, 0.2) is 60.7 Å². The van der Waals surface area contributed by atoms with E-state index in [1.54, 1.807) is 0 Å². The van der Waals surface area contributed by atoms with Crippen LogP contribution >= 0.6 is 0 Å². The van der Waals surface area contributed by atoms with Crippen LogP contribution in [-0.2, 0) is 5.41 Å². The number of nitrogens with one attached hydrogen (secondary N) is 1. The fourth-order valence-corrected chi connectivity index (χ4v) is 3.78. The van der Waals surface area contributed by atoms with E-state index in [0.717, 1.165) is 12.5 Å². The van der Waals surface area contributed by atoms with Gasteiger partial charge in [0, 0.05) is 23.9 Å². The molecule has 2 atom stereocenters. The summed E-state index contributed by atoms with van der Waals surface area (Å²) in [4.78, 5) is 0. The van der Waals surface area contributed by atoms with E-state index >= 15 is 0 Å². The highest BCUT2D eigenvalue weighted by Crippen LogP contribution is 2.45. The summed E-state index contributed by atoms with van der Waals surface area (Å²) in [5.74, 6) is 0.735. The van der Waals surface area contributed by atoms with E-state index in [2.05, 4.69) is 66.0 Å². The van der Waals surface area contributed by atoms with Gasteiger partial charge >= 0.3 is 0 Å². The van der Waals surface area contributed by atoms with Gasteiger partial charge in [0.25, 0.3) is 0 Å². The minimum atomic E-state index is 0.408. The molecule has 108 valence electrons. The summed E-state index contributed by atoms with van der Waals surface area (Å²) >= 11 is 0. The standard InChI is InChI=1S/C20H23N/c1-3-8-16(9-4-1)18-14-19(18)21-15-20(12-7-13-20)17-10-5-2-6-11-17/h1-6,8-11,18-19,21H,7,12-15H2/t18?,19-/m0/s1. The zero-order valence-electron chi connectivity index (χ0n) is 12.5. The van der Waals surface area contributed by atoms with E-state index in [1.807, 2.05) is 0 Å². The van der Waals surface area contributed by atoms with Crippen LogP contribution in [0.4, 0.5) is 0 Å². The van der Waals surface area contributed by atoms with Crippen molar-refractivity contribution in [1.82, 2.24) is 5.32 Å². The summed E-state index contributed by atoms with van der Waals surface area (Å²) < 4.78 is 0. The van der Waals surface area contributed by atoms with E-state index in [1.165, 1.54) is 36.8 Å². The summed E-state index contributed by atoms with van der Waals surface area (Å²) in [5.41, 5.74) is 3.43.